The van der Waals surface area contributed by atoms with Crippen LogP contribution in [0.4, 0.5) is 0 Å². The van der Waals surface area contributed by atoms with Gasteiger partial charge in [-0.3, -0.25) is 9.69 Å². The largest absolute Gasteiger partial charge is 0.494 e. The zero-order valence-electron chi connectivity index (χ0n) is 13.8. The fraction of sp³-hybridized carbons (Fsp3) is 0.500. The second-order valence-corrected chi connectivity index (χ2v) is 5.64. The van der Waals surface area contributed by atoms with Crippen molar-refractivity contribution in [3.63, 3.8) is 0 Å². The van der Waals surface area contributed by atoms with Crippen molar-refractivity contribution in [2.75, 3.05) is 45.9 Å². The summed E-state index contributed by atoms with van der Waals surface area (Å²) in [4.78, 5) is 16.2. The molecule has 0 aliphatic carbocycles. The lowest BCUT2D eigenvalue weighted by Gasteiger charge is -2.33. The lowest BCUT2D eigenvalue weighted by atomic mass is 10.2. The predicted octanol–water partition coefficient (Wildman–Crippen LogP) is 1.63. The molecule has 5 nitrogen and oxygen atoms in total. The standard InChI is InChI=1S/C18H26N2O3/c1-2-15-23-17-6-3-16(4-7-17)5-8-18(22)20-11-9-19(10-12-20)13-14-21/h3-8,21H,2,9-15H2,1H3/b8-5+. The van der Waals surface area contributed by atoms with E-state index in [-0.39, 0.29) is 12.5 Å². The lowest BCUT2D eigenvalue weighted by Crippen LogP contribution is -2.48. The zero-order valence-corrected chi connectivity index (χ0v) is 13.8. The monoisotopic (exact) mass is 318 g/mol. The molecule has 2 rings (SSSR count). The van der Waals surface area contributed by atoms with E-state index in [1.165, 1.54) is 0 Å². The predicted molar refractivity (Wildman–Crippen MR) is 91.4 cm³/mol. The summed E-state index contributed by atoms with van der Waals surface area (Å²) in [7, 11) is 0. The maximum atomic E-state index is 12.2. The molecule has 0 spiro atoms. The van der Waals surface area contributed by atoms with Crippen molar-refractivity contribution in [2.45, 2.75) is 13.3 Å². The number of aliphatic hydroxyl groups excluding tert-OH is 1. The normalized spacial score (nSPS) is 16.0. The van der Waals surface area contributed by atoms with Crippen molar-refractivity contribution in [3.8, 4) is 5.75 Å². The van der Waals surface area contributed by atoms with Crippen LogP contribution in [0.5, 0.6) is 5.75 Å². The molecule has 0 unspecified atom stereocenters. The molecule has 0 atom stereocenters. The molecule has 1 heterocycles. The molecule has 0 radical (unpaired) electrons. The number of hydrogen-bond donors (Lipinski definition) is 1. The van der Waals surface area contributed by atoms with Gasteiger partial charge in [0, 0.05) is 38.8 Å². The lowest BCUT2D eigenvalue weighted by molar-refractivity contribution is -0.127. The number of β-amino-alcohol motifs (C(OH)–C–C–N with tert-alkyl or cyclic N) is 1. The van der Waals surface area contributed by atoms with Gasteiger partial charge in [-0.15, -0.1) is 0 Å². The van der Waals surface area contributed by atoms with Crippen LogP contribution in [-0.4, -0.2) is 66.8 Å². The first-order chi connectivity index (χ1) is 11.2. The van der Waals surface area contributed by atoms with E-state index in [4.69, 9.17) is 9.84 Å². The van der Waals surface area contributed by atoms with Gasteiger partial charge < -0.3 is 14.7 Å². The third kappa shape index (κ3) is 5.69. The van der Waals surface area contributed by atoms with E-state index in [0.717, 1.165) is 37.4 Å². The molecule has 0 saturated carbocycles. The Balaban J connectivity index is 1.81. The molecule has 1 aromatic rings. The van der Waals surface area contributed by atoms with Gasteiger partial charge in [-0.25, -0.2) is 0 Å². The number of piperazine rings is 1. The Labute approximate surface area is 138 Å². The summed E-state index contributed by atoms with van der Waals surface area (Å²) in [5, 5.41) is 8.93. The Hall–Kier alpha value is -1.85. The Morgan fingerprint density at radius 1 is 1.22 bits per heavy atom. The van der Waals surface area contributed by atoms with Crippen LogP contribution >= 0.6 is 0 Å². The molecule has 126 valence electrons. The SMILES string of the molecule is CCCOc1ccc(/C=C/C(=O)N2CCN(CCO)CC2)cc1. The van der Waals surface area contributed by atoms with Crippen LogP contribution in [0.15, 0.2) is 30.3 Å². The summed E-state index contributed by atoms with van der Waals surface area (Å²) in [6.07, 6.45) is 4.46. The second kappa shape index (κ2) is 9.33. The van der Waals surface area contributed by atoms with Crippen LogP contribution in [-0.2, 0) is 4.79 Å². The Morgan fingerprint density at radius 3 is 2.52 bits per heavy atom. The molecule has 1 amide bonds. The van der Waals surface area contributed by atoms with E-state index in [9.17, 15) is 4.79 Å². The molecular formula is C18H26N2O3. The molecule has 0 bridgehead atoms. The number of nitrogens with zero attached hydrogens (tertiary/aromatic N) is 2. The number of ether oxygens (including phenoxy) is 1. The smallest absolute Gasteiger partial charge is 0.246 e. The van der Waals surface area contributed by atoms with Gasteiger partial charge in [0.05, 0.1) is 13.2 Å². The van der Waals surface area contributed by atoms with Crippen LogP contribution in [0.3, 0.4) is 0 Å². The molecule has 1 aromatic carbocycles. The first-order valence-corrected chi connectivity index (χ1v) is 8.26. The van der Waals surface area contributed by atoms with E-state index >= 15 is 0 Å². The van der Waals surface area contributed by atoms with Crippen LogP contribution in [0.2, 0.25) is 0 Å². The van der Waals surface area contributed by atoms with Gasteiger partial charge >= 0.3 is 0 Å². The minimum Gasteiger partial charge on any atom is -0.494 e. The molecule has 0 aromatic heterocycles. The average Bonchev–Trinajstić information content (AvgIpc) is 2.59. The van der Waals surface area contributed by atoms with Gasteiger partial charge in [0.1, 0.15) is 5.75 Å². The molecule has 1 N–H and O–H groups in total. The number of hydrogen-bond acceptors (Lipinski definition) is 4. The highest BCUT2D eigenvalue weighted by atomic mass is 16.5. The molecular weight excluding hydrogens is 292 g/mol. The topological polar surface area (TPSA) is 53.0 Å². The van der Waals surface area contributed by atoms with E-state index < -0.39 is 0 Å². The van der Waals surface area contributed by atoms with E-state index in [2.05, 4.69) is 11.8 Å². The highest BCUT2D eigenvalue weighted by Crippen LogP contribution is 2.13. The summed E-state index contributed by atoms with van der Waals surface area (Å²) in [6, 6.07) is 7.75. The minimum atomic E-state index is 0.0416. The number of rotatable bonds is 7. The molecule has 1 fully saturated rings. The van der Waals surface area contributed by atoms with Crippen LogP contribution in [0.25, 0.3) is 6.08 Å². The van der Waals surface area contributed by atoms with Crippen molar-refractivity contribution in [1.29, 1.82) is 0 Å². The van der Waals surface area contributed by atoms with Crippen molar-refractivity contribution in [3.05, 3.63) is 35.9 Å². The first-order valence-electron chi connectivity index (χ1n) is 8.26. The minimum absolute atomic E-state index is 0.0416. The number of aliphatic hydroxyl groups is 1. The van der Waals surface area contributed by atoms with Gasteiger partial charge in [0.25, 0.3) is 0 Å². The average molecular weight is 318 g/mol. The number of carbonyl (C=O) groups excluding carboxylic acids is 1. The highest BCUT2D eigenvalue weighted by molar-refractivity contribution is 5.91. The molecule has 1 aliphatic rings. The van der Waals surface area contributed by atoms with Crippen molar-refractivity contribution in [1.82, 2.24) is 9.80 Å². The van der Waals surface area contributed by atoms with Crippen LogP contribution < -0.4 is 4.74 Å². The van der Waals surface area contributed by atoms with Crippen molar-refractivity contribution < 1.29 is 14.6 Å². The van der Waals surface area contributed by atoms with Crippen LogP contribution in [0.1, 0.15) is 18.9 Å². The Bertz CT molecular complexity index is 506. The van der Waals surface area contributed by atoms with E-state index in [1.54, 1.807) is 6.08 Å². The Kier molecular flexibility index (Phi) is 7.10. The van der Waals surface area contributed by atoms with Crippen molar-refractivity contribution in [2.24, 2.45) is 0 Å². The number of amides is 1. The Morgan fingerprint density at radius 2 is 1.91 bits per heavy atom. The molecule has 1 saturated heterocycles. The fourth-order valence-electron chi connectivity index (χ4n) is 2.50. The van der Waals surface area contributed by atoms with Gasteiger partial charge in [-0.1, -0.05) is 19.1 Å². The number of benzene rings is 1. The quantitative estimate of drug-likeness (QED) is 0.776. The summed E-state index contributed by atoms with van der Waals surface area (Å²) in [5.74, 6) is 0.898. The second-order valence-electron chi connectivity index (χ2n) is 5.64. The molecule has 1 aliphatic heterocycles. The summed E-state index contributed by atoms with van der Waals surface area (Å²) >= 11 is 0. The number of carbonyl (C=O) groups is 1. The first kappa shape index (κ1) is 17.5. The fourth-order valence-corrected chi connectivity index (χ4v) is 2.50. The third-order valence-electron chi connectivity index (χ3n) is 3.87. The van der Waals surface area contributed by atoms with Crippen molar-refractivity contribution >= 4 is 12.0 Å². The maximum Gasteiger partial charge on any atom is 0.246 e. The van der Waals surface area contributed by atoms with Gasteiger partial charge in [-0.2, -0.15) is 0 Å². The molecule has 23 heavy (non-hydrogen) atoms. The maximum absolute atomic E-state index is 12.2. The van der Waals surface area contributed by atoms with Gasteiger partial charge in [0.2, 0.25) is 5.91 Å². The van der Waals surface area contributed by atoms with Gasteiger partial charge in [-0.05, 0) is 30.2 Å². The third-order valence-corrected chi connectivity index (χ3v) is 3.87. The molecule has 5 heteroatoms. The zero-order chi connectivity index (χ0) is 16.5. The van der Waals surface area contributed by atoms with Gasteiger partial charge in [0.15, 0.2) is 0 Å². The summed E-state index contributed by atoms with van der Waals surface area (Å²) in [5.41, 5.74) is 0.987. The summed E-state index contributed by atoms with van der Waals surface area (Å²) < 4.78 is 5.54. The van der Waals surface area contributed by atoms with E-state index in [1.807, 2.05) is 35.2 Å². The summed E-state index contributed by atoms with van der Waals surface area (Å²) in [6.45, 7) is 6.73. The highest BCUT2D eigenvalue weighted by Gasteiger charge is 2.18. The van der Waals surface area contributed by atoms with E-state index in [0.29, 0.717) is 19.6 Å². The van der Waals surface area contributed by atoms with Crippen LogP contribution in [0, 0.1) is 0 Å².